The van der Waals surface area contributed by atoms with Gasteiger partial charge in [0.25, 0.3) is 0 Å². The molecule has 0 aromatic carbocycles. The molecule has 1 unspecified atom stereocenters. The Kier molecular flexibility index (Phi) is 2.94. The van der Waals surface area contributed by atoms with Crippen LogP contribution in [0, 0.1) is 6.92 Å². The van der Waals surface area contributed by atoms with Crippen LogP contribution in [0.5, 0.6) is 0 Å². The van der Waals surface area contributed by atoms with E-state index in [2.05, 4.69) is 15.3 Å². The zero-order valence-electron chi connectivity index (χ0n) is 10.4. The van der Waals surface area contributed by atoms with Gasteiger partial charge in [-0.3, -0.25) is 9.78 Å². The molecule has 1 atom stereocenters. The van der Waals surface area contributed by atoms with E-state index in [4.69, 9.17) is 5.11 Å². The maximum atomic E-state index is 11.1. The maximum Gasteiger partial charge on any atom is 0.312 e. The highest BCUT2D eigenvalue weighted by Crippen LogP contribution is 2.39. The summed E-state index contributed by atoms with van der Waals surface area (Å²) in [6.45, 7) is 1.99. The summed E-state index contributed by atoms with van der Waals surface area (Å²) >= 11 is 1.53. The van der Waals surface area contributed by atoms with Gasteiger partial charge in [0, 0.05) is 11.1 Å². The molecule has 6 heteroatoms. The number of nitrogens with one attached hydrogen (secondary N) is 1. The molecule has 2 heterocycles. The first kappa shape index (κ1) is 12.1. The number of fused-ring (bicyclic) bond motifs is 1. The van der Waals surface area contributed by atoms with Gasteiger partial charge in [0.2, 0.25) is 0 Å². The molecule has 0 saturated carbocycles. The Balaban J connectivity index is 1.87. The number of aliphatic carboxylic acids is 1. The Morgan fingerprint density at radius 3 is 3.16 bits per heavy atom. The molecule has 2 aromatic rings. The second kappa shape index (κ2) is 4.62. The lowest BCUT2D eigenvalue weighted by atomic mass is 10.1. The van der Waals surface area contributed by atoms with Crippen LogP contribution in [-0.2, 0) is 11.2 Å². The van der Waals surface area contributed by atoms with Crippen molar-refractivity contribution in [1.82, 2.24) is 9.97 Å². The van der Waals surface area contributed by atoms with Gasteiger partial charge >= 0.3 is 5.97 Å². The number of carboxylic acids is 1. The molecule has 5 nitrogen and oxygen atoms in total. The van der Waals surface area contributed by atoms with Crippen LogP contribution in [0.2, 0.25) is 0 Å². The summed E-state index contributed by atoms with van der Waals surface area (Å²) in [6.07, 6.45) is 4.95. The average molecular weight is 275 g/mol. The van der Waals surface area contributed by atoms with Crippen molar-refractivity contribution in [3.8, 4) is 0 Å². The molecular formula is C13H13N3O2S. The van der Waals surface area contributed by atoms with Gasteiger partial charge in [-0.2, -0.15) is 0 Å². The van der Waals surface area contributed by atoms with Crippen molar-refractivity contribution in [3.63, 3.8) is 0 Å². The predicted molar refractivity (Wildman–Crippen MR) is 73.1 cm³/mol. The molecule has 3 rings (SSSR count). The van der Waals surface area contributed by atoms with Crippen LogP contribution in [0.15, 0.2) is 18.5 Å². The van der Waals surface area contributed by atoms with Crippen LogP contribution in [-0.4, -0.2) is 21.0 Å². The maximum absolute atomic E-state index is 11.1. The number of carboxylic acid groups (broad SMARTS) is 1. The number of hydrogen-bond acceptors (Lipinski definition) is 5. The van der Waals surface area contributed by atoms with E-state index in [0.717, 1.165) is 33.4 Å². The highest BCUT2D eigenvalue weighted by atomic mass is 32.1. The lowest BCUT2D eigenvalue weighted by Crippen LogP contribution is -2.08. The highest BCUT2D eigenvalue weighted by molar-refractivity contribution is 7.15. The first-order chi connectivity index (χ1) is 9.15. The van der Waals surface area contributed by atoms with Crippen LogP contribution < -0.4 is 5.32 Å². The van der Waals surface area contributed by atoms with E-state index >= 15 is 0 Å². The largest absolute Gasteiger partial charge is 0.481 e. The molecule has 2 aromatic heterocycles. The molecule has 0 bridgehead atoms. The number of rotatable bonds is 3. The molecule has 2 N–H and O–H groups in total. The molecule has 0 spiro atoms. The molecule has 0 aliphatic heterocycles. The number of carbonyl (C=O) groups is 1. The Morgan fingerprint density at radius 2 is 2.42 bits per heavy atom. The third kappa shape index (κ3) is 2.19. The summed E-state index contributed by atoms with van der Waals surface area (Å²) in [5.41, 5.74) is 2.71. The molecule has 1 aliphatic rings. The minimum Gasteiger partial charge on any atom is -0.481 e. The predicted octanol–water partition coefficient (Wildman–Crippen LogP) is 2.70. The summed E-state index contributed by atoms with van der Waals surface area (Å²) in [5.74, 6) is -1.23. The van der Waals surface area contributed by atoms with Crippen molar-refractivity contribution in [2.24, 2.45) is 0 Å². The fourth-order valence-electron chi connectivity index (χ4n) is 2.23. The van der Waals surface area contributed by atoms with Gasteiger partial charge in [-0.05, 0) is 31.4 Å². The Labute approximate surface area is 114 Å². The van der Waals surface area contributed by atoms with E-state index in [1.54, 1.807) is 12.4 Å². The number of anilines is 2. The van der Waals surface area contributed by atoms with Crippen molar-refractivity contribution in [2.75, 3.05) is 5.32 Å². The number of hydrogen-bond donors (Lipinski definition) is 2. The monoisotopic (exact) mass is 275 g/mol. The van der Waals surface area contributed by atoms with Crippen LogP contribution in [0.25, 0.3) is 0 Å². The third-order valence-corrected chi connectivity index (χ3v) is 4.34. The van der Waals surface area contributed by atoms with Crippen LogP contribution in [0.1, 0.15) is 28.5 Å². The van der Waals surface area contributed by atoms with Gasteiger partial charge in [-0.15, -0.1) is 11.3 Å². The van der Waals surface area contributed by atoms with Gasteiger partial charge in [-0.25, -0.2) is 4.98 Å². The summed E-state index contributed by atoms with van der Waals surface area (Å²) in [6, 6.07) is 1.92. The second-order valence-corrected chi connectivity index (χ2v) is 5.66. The zero-order valence-corrected chi connectivity index (χ0v) is 11.2. The molecule has 19 heavy (non-hydrogen) atoms. The highest BCUT2D eigenvalue weighted by Gasteiger charge is 2.32. The molecule has 0 amide bonds. The normalized spacial score (nSPS) is 17.2. The van der Waals surface area contributed by atoms with Crippen LogP contribution >= 0.6 is 11.3 Å². The van der Waals surface area contributed by atoms with Crippen molar-refractivity contribution >= 4 is 28.1 Å². The molecule has 0 fully saturated rings. The fourth-order valence-corrected chi connectivity index (χ4v) is 3.28. The molecular weight excluding hydrogens is 262 g/mol. The Morgan fingerprint density at radius 1 is 1.58 bits per heavy atom. The van der Waals surface area contributed by atoms with Gasteiger partial charge in [0.1, 0.15) is 5.92 Å². The summed E-state index contributed by atoms with van der Waals surface area (Å²) in [7, 11) is 0. The average Bonchev–Trinajstić information content (AvgIpc) is 2.91. The lowest BCUT2D eigenvalue weighted by molar-refractivity contribution is -0.138. The Bertz CT molecular complexity index is 639. The SMILES string of the molecule is Cc1ccncc1Nc1nc2c(s1)CCC2C(=O)O. The smallest absolute Gasteiger partial charge is 0.312 e. The van der Waals surface area contributed by atoms with E-state index in [1.165, 1.54) is 11.3 Å². The summed E-state index contributed by atoms with van der Waals surface area (Å²) < 4.78 is 0. The molecule has 1 aliphatic carbocycles. The quantitative estimate of drug-likeness (QED) is 0.900. The van der Waals surface area contributed by atoms with Crippen molar-refractivity contribution in [3.05, 3.63) is 34.6 Å². The Hall–Kier alpha value is -1.95. The molecule has 0 radical (unpaired) electrons. The third-order valence-electron chi connectivity index (χ3n) is 3.30. The van der Waals surface area contributed by atoms with E-state index in [1.807, 2.05) is 13.0 Å². The van der Waals surface area contributed by atoms with Crippen molar-refractivity contribution < 1.29 is 9.90 Å². The van der Waals surface area contributed by atoms with Gasteiger partial charge < -0.3 is 10.4 Å². The van der Waals surface area contributed by atoms with Crippen LogP contribution in [0.3, 0.4) is 0 Å². The van der Waals surface area contributed by atoms with Crippen molar-refractivity contribution in [2.45, 2.75) is 25.7 Å². The van der Waals surface area contributed by atoms with Gasteiger partial charge in [0.15, 0.2) is 5.13 Å². The topological polar surface area (TPSA) is 75.1 Å². The standard InChI is InChI=1S/C13H13N3O2S/c1-7-4-5-14-6-9(7)15-13-16-11-8(12(17)18)2-3-10(11)19-13/h4-6,8H,2-3H2,1H3,(H,15,16)(H,17,18). The summed E-state index contributed by atoms with van der Waals surface area (Å²) in [4.78, 5) is 20.7. The molecule has 98 valence electrons. The van der Waals surface area contributed by atoms with Gasteiger partial charge in [0.05, 0.1) is 17.6 Å². The van der Waals surface area contributed by atoms with Crippen molar-refractivity contribution in [1.29, 1.82) is 0 Å². The lowest BCUT2D eigenvalue weighted by Gasteiger charge is -2.06. The van der Waals surface area contributed by atoms with Gasteiger partial charge in [-0.1, -0.05) is 0 Å². The number of pyridine rings is 1. The number of aryl methyl sites for hydroxylation is 2. The van der Waals surface area contributed by atoms with E-state index in [-0.39, 0.29) is 0 Å². The second-order valence-electron chi connectivity index (χ2n) is 4.57. The number of nitrogens with zero attached hydrogens (tertiary/aromatic N) is 2. The zero-order chi connectivity index (χ0) is 13.4. The fraction of sp³-hybridized carbons (Fsp3) is 0.308. The minimum atomic E-state index is -0.784. The number of aromatic nitrogens is 2. The summed E-state index contributed by atoms with van der Waals surface area (Å²) in [5, 5.41) is 13.1. The number of thiazole rings is 1. The van der Waals surface area contributed by atoms with Crippen LogP contribution in [0.4, 0.5) is 10.8 Å². The van der Waals surface area contributed by atoms with E-state index < -0.39 is 11.9 Å². The van der Waals surface area contributed by atoms with E-state index in [9.17, 15) is 4.79 Å². The first-order valence-electron chi connectivity index (χ1n) is 6.05. The molecule has 0 saturated heterocycles. The minimum absolute atomic E-state index is 0.447. The first-order valence-corrected chi connectivity index (χ1v) is 6.87. The van der Waals surface area contributed by atoms with E-state index in [0.29, 0.717) is 6.42 Å².